The van der Waals surface area contributed by atoms with Crippen molar-refractivity contribution in [2.24, 2.45) is 17.3 Å². The minimum Gasteiger partial charge on any atom is -0.481 e. The summed E-state index contributed by atoms with van der Waals surface area (Å²) in [5, 5.41) is 9.24. The second-order valence-electron chi connectivity index (χ2n) is 5.57. The molecule has 0 aromatic carbocycles. The molecule has 0 amide bonds. The van der Waals surface area contributed by atoms with Crippen LogP contribution in [0.4, 0.5) is 0 Å². The number of hydrogen-bond acceptors (Lipinski definition) is 1. The first-order valence-electron chi connectivity index (χ1n) is 6.22. The van der Waals surface area contributed by atoms with E-state index in [4.69, 9.17) is 0 Å². The fourth-order valence-electron chi connectivity index (χ4n) is 3.19. The molecule has 1 N–H and O–H groups in total. The zero-order valence-corrected chi connectivity index (χ0v) is 10.3. The fraction of sp³-hybridized carbons (Fsp3) is 0.923. The van der Waals surface area contributed by atoms with Crippen molar-refractivity contribution in [1.82, 2.24) is 0 Å². The molecule has 0 bridgehead atoms. The van der Waals surface area contributed by atoms with Crippen molar-refractivity contribution in [1.29, 1.82) is 0 Å². The van der Waals surface area contributed by atoms with Crippen molar-refractivity contribution >= 4 is 5.97 Å². The monoisotopic (exact) mass is 212 g/mol. The highest BCUT2D eigenvalue weighted by Crippen LogP contribution is 2.44. The van der Waals surface area contributed by atoms with Gasteiger partial charge in [0.25, 0.3) is 0 Å². The summed E-state index contributed by atoms with van der Waals surface area (Å²) in [7, 11) is 0. The highest BCUT2D eigenvalue weighted by atomic mass is 16.4. The van der Waals surface area contributed by atoms with Crippen molar-refractivity contribution in [2.75, 3.05) is 0 Å². The first-order chi connectivity index (χ1) is 6.99. The van der Waals surface area contributed by atoms with Crippen LogP contribution in [0.2, 0.25) is 0 Å². The molecule has 1 fully saturated rings. The maximum Gasteiger partial charge on any atom is 0.306 e. The number of hydrogen-bond donors (Lipinski definition) is 1. The molecule has 2 nitrogen and oxygen atoms in total. The summed E-state index contributed by atoms with van der Waals surface area (Å²) in [5.74, 6) is -0.298. The van der Waals surface area contributed by atoms with Crippen LogP contribution in [0.25, 0.3) is 0 Å². The topological polar surface area (TPSA) is 37.3 Å². The molecule has 0 aromatic heterocycles. The molecular formula is C13H24O2. The fourth-order valence-corrected chi connectivity index (χ4v) is 3.19. The van der Waals surface area contributed by atoms with Crippen LogP contribution in [0.1, 0.15) is 59.3 Å². The Morgan fingerprint density at radius 3 is 2.47 bits per heavy atom. The summed E-state index contributed by atoms with van der Waals surface area (Å²) in [4.78, 5) is 11.2. The summed E-state index contributed by atoms with van der Waals surface area (Å²) in [5.41, 5.74) is 0.193. The van der Waals surface area contributed by atoms with E-state index in [9.17, 15) is 9.90 Å². The molecule has 1 rings (SSSR count). The van der Waals surface area contributed by atoms with Crippen LogP contribution < -0.4 is 0 Å². The van der Waals surface area contributed by atoms with Crippen molar-refractivity contribution < 1.29 is 9.90 Å². The lowest BCUT2D eigenvalue weighted by Gasteiger charge is -2.40. The Bertz CT molecular complexity index is 221. The Hall–Kier alpha value is -0.530. The molecule has 2 unspecified atom stereocenters. The molecule has 1 aliphatic carbocycles. The zero-order chi connectivity index (χ0) is 11.5. The SMILES string of the molecule is CCCC(C)(C)C1CCCCC1C(=O)O. The molecule has 0 saturated heterocycles. The van der Waals surface area contributed by atoms with Gasteiger partial charge in [0.05, 0.1) is 5.92 Å². The van der Waals surface area contributed by atoms with Crippen molar-refractivity contribution in [3.63, 3.8) is 0 Å². The van der Waals surface area contributed by atoms with Crippen molar-refractivity contribution in [2.45, 2.75) is 59.3 Å². The highest BCUT2D eigenvalue weighted by molar-refractivity contribution is 5.70. The van der Waals surface area contributed by atoms with Crippen LogP contribution in [0.15, 0.2) is 0 Å². The molecule has 1 aliphatic rings. The third-order valence-electron chi connectivity index (χ3n) is 3.98. The second kappa shape index (κ2) is 5.00. The maximum absolute atomic E-state index is 11.2. The number of carboxylic acid groups (broad SMARTS) is 1. The largest absolute Gasteiger partial charge is 0.481 e. The van der Waals surface area contributed by atoms with E-state index in [1.54, 1.807) is 0 Å². The van der Waals surface area contributed by atoms with Crippen molar-refractivity contribution in [3.8, 4) is 0 Å². The van der Waals surface area contributed by atoms with Gasteiger partial charge in [-0.25, -0.2) is 0 Å². The van der Waals surface area contributed by atoms with Gasteiger partial charge in [0, 0.05) is 0 Å². The number of rotatable bonds is 4. The molecule has 0 aromatic rings. The minimum atomic E-state index is -0.580. The van der Waals surface area contributed by atoms with Crippen molar-refractivity contribution in [3.05, 3.63) is 0 Å². The van der Waals surface area contributed by atoms with Gasteiger partial charge in [-0.05, 0) is 30.6 Å². The summed E-state index contributed by atoms with van der Waals surface area (Å²) in [6.07, 6.45) is 6.58. The van der Waals surface area contributed by atoms with Gasteiger partial charge in [-0.1, -0.05) is 40.0 Å². The van der Waals surface area contributed by atoms with E-state index in [1.165, 1.54) is 6.42 Å². The van der Waals surface area contributed by atoms with Gasteiger partial charge in [-0.3, -0.25) is 4.79 Å². The van der Waals surface area contributed by atoms with E-state index in [0.29, 0.717) is 5.92 Å². The average molecular weight is 212 g/mol. The Morgan fingerprint density at radius 1 is 1.33 bits per heavy atom. The quantitative estimate of drug-likeness (QED) is 0.771. The Kier molecular flexibility index (Phi) is 4.18. The van der Waals surface area contributed by atoms with Crippen LogP contribution in [0.3, 0.4) is 0 Å². The Morgan fingerprint density at radius 2 is 1.93 bits per heavy atom. The molecular weight excluding hydrogens is 188 g/mol. The van der Waals surface area contributed by atoms with Crippen LogP contribution in [0.5, 0.6) is 0 Å². The average Bonchev–Trinajstić information content (AvgIpc) is 2.17. The molecule has 88 valence electrons. The predicted molar refractivity (Wildman–Crippen MR) is 61.8 cm³/mol. The van der Waals surface area contributed by atoms with Crippen LogP contribution in [-0.4, -0.2) is 11.1 Å². The normalized spacial score (nSPS) is 27.7. The molecule has 2 heteroatoms. The second-order valence-corrected chi connectivity index (χ2v) is 5.57. The summed E-state index contributed by atoms with van der Waals surface area (Å²) in [6, 6.07) is 0. The highest BCUT2D eigenvalue weighted by Gasteiger charge is 2.39. The molecule has 0 heterocycles. The number of carbonyl (C=O) groups is 1. The van der Waals surface area contributed by atoms with Gasteiger partial charge in [-0.15, -0.1) is 0 Å². The lowest BCUT2D eigenvalue weighted by Crippen LogP contribution is -2.37. The standard InChI is InChI=1S/C13H24O2/c1-4-9-13(2,3)11-8-6-5-7-10(11)12(14)15/h10-11H,4-9H2,1-3H3,(H,14,15). The lowest BCUT2D eigenvalue weighted by molar-refractivity contribution is -0.147. The van der Waals surface area contributed by atoms with Gasteiger partial charge in [0.2, 0.25) is 0 Å². The maximum atomic E-state index is 11.2. The molecule has 1 saturated carbocycles. The van der Waals surface area contributed by atoms with E-state index in [2.05, 4.69) is 20.8 Å². The third-order valence-corrected chi connectivity index (χ3v) is 3.98. The molecule has 0 spiro atoms. The third kappa shape index (κ3) is 2.96. The molecule has 0 aliphatic heterocycles. The van der Waals surface area contributed by atoms with E-state index in [0.717, 1.165) is 32.1 Å². The van der Waals surface area contributed by atoms with Gasteiger partial charge in [-0.2, -0.15) is 0 Å². The number of aliphatic carboxylic acids is 1. The predicted octanol–water partition coefficient (Wildman–Crippen LogP) is 3.70. The van der Waals surface area contributed by atoms with Gasteiger partial charge in [0.1, 0.15) is 0 Å². The number of carboxylic acids is 1. The van der Waals surface area contributed by atoms with E-state index in [-0.39, 0.29) is 11.3 Å². The first kappa shape index (κ1) is 12.5. The van der Waals surface area contributed by atoms with E-state index in [1.807, 2.05) is 0 Å². The van der Waals surface area contributed by atoms with Gasteiger partial charge < -0.3 is 5.11 Å². The van der Waals surface area contributed by atoms with Gasteiger partial charge in [0.15, 0.2) is 0 Å². The first-order valence-corrected chi connectivity index (χ1v) is 6.22. The zero-order valence-electron chi connectivity index (χ0n) is 10.3. The Balaban J connectivity index is 2.75. The smallest absolute Gasteiger partial charge is 0.306 e. The van der Waals surface area contributed by atoms with Gasteiger partial charge >= 0.3 is 5.97 Å². The summed E-state index contributed by atoms with van der Waals surface area (Å²) in [6.45, 7) is 6.66. The Labute approximate surface area is 93.1 Å². The molecule has 2 atom stereocenters. The minimum absolute atomic E-state index is 0.0969. The van der Waals surface area contributed by atoms with Crippen LogP contribution >= 0.6 is 0 Å². The van der Waals surface area contributed by atoms with E-state index >= 15 is 0 Å². The lowest BCUT2D eigenvalue weighted by atomic mass is 9.64. The summed E-state index contributed by atoms with van der Waals surface area (Å²) < 4.78 is 0. The van der Waals surface area contributed by atoms with Crippen LogP contribution in [0, 0.1) is 17.3 Å². The molecule has 15 heavy (non-hydrogen) atoms. The summed E-state index contributed by atoms with van der Waals surface area (Å²) >= 11 is 0. The van der Waals surface area contributed by atoms with E-state index < -0.39 is 5.97 Å². The molecule has 0 radical (unpaired) electrons. The van der Waals surface area contributed by atoms with Crippen LogP contribution in [-0.2, 0) is 4.79 Å².